The zero-order valence-electron chi connectivity index (χ0n) is 16.0. The van der Waals surface area contributed by atoms with E-state index in [0.717, 1.165) is 35.3 Å². The molecule has 0 radical (unpaired) electrons. The molecule has 0 fully saturated rings. The largest absolute Gasteiger partial charge is 0.338 e. The molecule has 0 aliphatic rings. The Morgan fingerprint density at radius 1 is 0.926 bits per heavy atom. The minimum Gasteiger partial charge on any atom is -0.338 e. The maximum Gasteiger partial charge on any atom is 0.203 e. The number of imidazole rings is 1. The third kappa shape index (κ3) is 5.61. The highest BCUT2D eigenvalue weighted by Crippen LogP contribution is 2.28. The molecule has 0 spiro atoms. The number of aromatic amines is 1. The van der Waals surface area contributed by atoms with Gasteiger partial charge in [0.15, 0.2) is 0 Å². The first-order valence-corrected chi connectivity index (χ1v) is 10.2. The normalized spacial score (nSPS) is 10.9. The number of anilines is 1. The van der Waals surface area contributed by atoms with Crippen LogP contribution in [0.1, 0.15) is 44.6 Å². The average Bonchev–Trinajstić information content (AvgIpc) is 3.18. The van der Waals surface area contributed by atoms with E-state index in [4.69, 9.17) is 11.6 Å². The quantitative estimate of drug-likeness (QED) is 0.396. The summed E-state index contributed by atoms with van der Waals surface area (Å²) in [5.74, 6) is 0.907. The summed E-state index contributed by atoms with van der Waals surface area (Å²) in [6.45, 7) is 4.10. The SMILES string of the molecule is CCCCCCCN(Cc1ccccc1)c1ncc(-c2ccccc2Cl)[nH]1. The lowest BCUT2D eigenvalue weighted by molar-refractivity contribution is 0.613. The lowest BCUT2D eigenvalue weighted by Crippen LogP contribution is -2.25. The Hall–Kier alpha value is -2.26. The zero-order valence-corrected chi connectivity index (χ0v) is 16.8. The van der Waals surface area contributed by atoms with Crippen LogP contribution in [-0.2, 0) is 6.54 Å². The highest BCUT2D eigenvalue weighted by molar-refractivity contribution is 6.33. The van der Waals surface area contributed by atoms with Crippen LogP contribution in [0.5, 0.6) is 0 Å². The molecule has 0 aliphatic heterocycles. The average molecular weight is 382 g/mol. The Morgan fingerprint density at radius 2 is 1.67 bits per heavy atom. The van der Waals surface area contributed by atoms with Gasteiger partial charge in [-0.25, -0.2) is 4.98 Å². The number of hydrogen-bond donors (Lipinski definition) is 1. The molecular weight excluding hydrogens is 354 g/mol. The number of rotatable bonds is 10. The molecule has 1 heterocycles. The summed E-state index contributed by atoms with van der Waals surface area (Å²) in [5, 5.41) is 0.738. The second-order valence-corrected chi connectivity index (χ2v) is 7.33. The predicted octanol–water partition coefficient (Wildman–Crippen LogP) is 6.71. The van der Waals surface area contributed by atoms with Gasteiger partial charge in [-0.1, -0.05) is 92.7 Å². The first-order chi connectivity index (χ1) is 13.3. The molecule has 0 saturated carbocycles. The van der Waals surface area contributed by atoms with Crippen molar-refractivity contribution in [2.75, 3.05) is 11.4 Å². The van der Waals surface area contributed by atoms with E-state index in [-0.39, 0.29) is 0 Å². The third-order valence-corrected chi connectivity index (χ3v) is 5.10. The van der Waals surface area contributed by atoms with Crippen molar-refractivity contribution >= 4 is 17.5 Å². The molecule has 3 aromatic rings. The topological polar surface area (TPSA) is 31.9 Å². The standard InChI is InChI=1S/C23H28ClN3/c1-2-3-4-5-11-16-27(18-19-12-7-6-8-13-19)23-25-17-22(26-23)20-14-9-10-15-21(20)24/h6-10,12-15,17H,2-5,11,16,18H2,1H3,(H,25,26). The van der Waals surface area contributed by atoms with Gasteiger partial charge in [0.05, 0.1) is 11.9 Å². The van der Waals surface area contributed by atoms with Gasteiger partial charge in [0.1, 0.15) is 0 Å². The van der Waals surface area contributed by atoms with Crippen LogP contribution in [0.2, 0.25) is 5.02 Å². The molecule has 27 heavy (non-hydrogen) atoms. The summed E-state index contributed by atoms with van der Waals surface area (Å²) < 4.78 is 0. The van der Waals surface area contributed by atoms with Gasteiger partial charge in [-0.05, 0) is 18.1 Å². The molecule has 4 heteroatoms. The van der Waals surface area contributed by atoms with Crippen molar-refractivity contribution in [2.45, 2.75) is 45.6 Å². The van der Waals surface area contributed by atoms with E-state index >= 15 is 0 Å². The number of nitrogens with one attached hydrogen (secondary N) is 1. The molecule has 142 valence electrons. The highest BCUT2D eigenvalue weighted by Gasteiger charge is 2.13. The smallest absolute Gasteiger partial charge is 0.203 e. The monoisotopic (exact) mass is 381 g/mol. The molecule has 3 rings (SSSR count). The Bertz CT molecular complexity index is 813. The van der Waals surface area contributed by atoms with E-state index in [0.29, 0.717) is 0 Å². The van der Waals surface area contributed by atoms with Gasteiger partial charge in [0.2, 0.25) is 5.95 Å². The molecular formula is C23H28ClN3. The lowest BCUT2D eigenvalue weighted by atomic mass is 10.1. The number of unbranched alkanes of at least 4 members (excludes halogenated alkanes) is 4. The van der Waals surface area contributed by atoms with E-state index in [1.807, 2.05) is 30.5 Å². The molecule has 0 unspecified atom stereocenters. The van der Waals surface area contributed by atoms with Gasteiger partial charge in [-0.2, -0.15) is 0 Å². The van der Waals surface area contributed by atoms with Gasteiger partial charge in [0, 0.05) is 23.7 Å². The zero-order chi connectivity index (χ0) is 18.9. The van der Waals surface area contributed by atoms with Gasteiger partial charge in [-0.3, -0.25) is 0 Å². The van der Waals surface area contributed by atoms with Crippen molar-refractivity contribution in [3.63, 3.8) is 0 Å². The molecule has 1 aromatic heterocycles. The van der Waals surface area contributed by atoms with Crippen LogP contribution in [0.25, 0.3) is 11.3 Å². The first-order valence-electron chi connectivity index (χ1n) is 9.86. The molecule has 0 saturated heterocycles. The van der Waals surface area contributed by atoms with Crippen molar-refractivity contribution in [3.8, 4) is 11.3 Å². The first kappa shape index (κ1) is 19.5. The van der Waals surface area contributed by atoms with Crippen molar-refractivity contribution in [2.24, 2.45) is 0 Å². The summed E-state index contributed by atoms with van der Waals surface area (Å²) >= 11 is 6.35. The third-order valence-electron chi connectivity index (χ3n) is 4.77. The maximum absolute atomic E-state index is 6.35. The molecule has 2 aromatic carbocycles. The van der Waals surface area contributed by atoms with Crippen molar-refractivity contribution in [1.82, 2.24) is 9.97 Å². The number of aromatic nitrogens is 2. The second-order valence-electron chi connectivity index (χ2n) is 6.92. The summed E-state index contributed by atoms with van der Waals surface area (Å²) in [5.41, 5.74) is 3.24. The lowest BCUT2D eigenvalue weighted by Gasteiger charge is -2.22. The van der Waals surface area contributed by atoms with E-state index in [9.17, 15) is 0 Å². The molecule has 3 nitrogen and oxygen atoms in total. The Balaban J connectivity index is 1.74. The molecule has 0 aliphatic carbocycles. The van der Waals surface area contributed by atoms with Crippen LogP contribution in [0.3, 0.4) is 0 Å². The molecule has 0 amide bonds. The number of nitrogens with zero attached hydrogens (tertiary/aromatic N) is 2. The minimum absolute atomic E-state index is 0.738. The predicted molar refractivity (Wildman–Crippen MR) is 115 cm³/mol. The number of benzene rings is 2. The van der Waals surface area contributed by atoms with E-state index < -0.39 is 0 Å². The highest BCUT2D eigenvalue weighted by atomic mass is 35.5. The number of halogens is 1. The molecule has 1 N–H and O–H groups in total. The molecule has 0 atom stereocenters. The summed E-state index contributed by atoms with van der Waals surface area (Å²) in [6.07, 6.45) is 8.21. The van der Waals surface area contributed by atoms with E-state index in [1.54, 1.807) is 0 Å². The summed E-state index contributed by atoms with van der Waals surface area (Å²) in [7, 11) is 0. The van der Waals surface area contributed by atoms with Gasteiger partial charge in [-0.15, -0.1) is 0 Å². The fraction of sp³-hybridized carbons (Fsp3) is 0.348. The van der Waals surface area contributed by atoms with Gasteiger partial charge >= 0.3 is 0 Å². The summed E-state index contributed by atoms with van der Waals surface area (Å²) in [4.78, 5) is 10.5. The fourth-order valence-electron chi connectivity index (χ4n) is 3.26. The van der Waals surface area contributed by atoms with Crippen LogP contribution in [-0.4, -0.2) is 16.5 Å². The van der Waals surface area contributed by atoms with Crippen molar-refractivity contribution < 1.29 is 0 Å². The van der Waals surface area contributed by atoms with Gasteiger partial charge in [0.25, 0.3) is 0 Å². The molecule has 0 bridgehead atoms. The fourth-order valence-corrected chi connectivity index (χ4v) is 3.50. The Labute approximate surface area is 167 Å². The number of hydrogen-bond acceptors (Lipinski definition) is 2. The maximum atomic E-state index is 6.35. The van der Waals surface area contributed by atoms with Crippen LogP contribution < -0.4 is 4.90 Å². The second kappa shape index (κ2) is 10.2. The van der Waals surface area contributed by atoms with Crippen molar-refractivity contribution in [1.29, 1.82) is 0 Å². The minimum atomic E-state index is 0.738. The Morgan fingerprint density at radius 3 is 2.44 bits per heavy atom. The van der Waals surface area contributed by atoms with Crippen LogP contribution in [0.4, 0.5) is 5.95 Å². The van der Waals surface area contributed by atoms with E-state index in [2.05, 4.69) is 52.1 Å². The van der Waals surface area contributed by atoms with Crippen LogP contribution in [0, 0.1) is 0 Å². The van der Waals surface area contributed by atoms with E-state index in [1.165, 1.54) is 37.7 Å². The summed E-state index contributed by atoms with van der Waals surface area (Å²) in [6, 6.07) is 18.4. The number of H-pyrrole nitrogens is 1. The van der Waals surface area contributed by atoms with Crippen LogP contribution >= 0.6 is 11.6 Å². The van der Waals surface area contributed by atoms with Crippen molar-refractivity contribution in [3.05, 3.63) is 71.4 Å². The Kier molecular flexibility index (Phi) is 7.35. The van der Waals surface area contributed by atoms with Crippen LogP contribution in [0.15, 0.2) is 60.8 Å². The van der Waals surface area contributed by atoms with Gasteiger partial charge < -0.3 is 9.88 Å².